The van der Waals surface area contributed by atoms with Crippen molar-refractivity contribution >= 4 is 28.2 Å². The van der Waals surface area contributed by atoms with Crippen molar-refractivity contribution in [3.05, 3.63) is 46.3 Å². The van der Waals surface area contributed by atoms with E-state index in [4.69, 9.17) is 0 Å². The van der Waals surface area contributed by atoms with Gasteiger partial charge in [-0.25, -0.2) is 4.98 Å². The molecule has 2 heteroatoms. The van der Waals surface area contributed by atoms with Crippen LogP contribution < -0.4 is 0 Å². The zero-order chi connectivity index (χ0) is 8.97. The summed E-state index contributed by atoms with van der Waals surface area (Å²) < 4.78 is 0.996. The van der Waals surface area contributed by atoms with Crippen molar-refractivity contribution < 1.29 is 0 Å². The lowest BCUT2D eigenvalue weighted by Crippen LogP contribution is -1.87. The minimum absolute atomic E-state index is 0.944. The molecule has 0 bridgehead atoms. The Labute approximate surface area is 86.4 Å². The second kappa shape index (κ2) is 4.40. The Morgan fingerprint density at radius 2 is 2.33 bits per heavy atom. The molecule has 0 spiro atoms. The number of allylic oxidation sites excluding steroid dienone is 3. The monoisotopic (exact) mass is 271 g/mol. The minimum atomic E-state index is 0.944. The Balaban J connectivity index is 2.96. The summed E-state index contributed by atoms with van der Waals surface area (Å²) in [6.07, 6.45) is 3.92. The highest BCUT2D eigenvalue weighted by Crippen LogP contribution is 2.12. The van der Waals surface area contributed by atoms with Crippen LogP contribution in [0.2, 0.25) is 0 Å². The van der Waals surface area contributed by atoms with Gasteiger partial charge in [0, 0.05) is 0 Å². The molecular formula is C10H10IN. The number of halogens is 1. The lowest BCUT2D eigenvalue weighted by molar-refractivity contribution is 1.23. The fourth-order valence-corrected chi connectivity index (χ4v) is 1.34. The predicted octanol–water partition coefficient (Wildman–Crippen LogP) is 3.28. The third kappa shape index (κ3) is 2.44. The average molecular weight is 271 g/mol. The number of hydrogen-bond donors (Lipinski definition) is 0. The molecule has 0 aliphatic heterocycles. The molecule has 0 radical (unpaired) electrons. The van der Waals surface area contributed by atoms with Crippen molar-refractivity contribution in [3.8, 4) is 0 Å². The van der Waals surface area contributed by atoms with Crippen LogP contribution in [-0.4, -0.2) is 4.98 Å². The van der Waals surface area contributed by atoms with Gasteiger partial charge in [0.1, 0.15) is 3.70 Å². The van der Waals surface area contributed by atoms with Crippen LogP contribution in [0.25, 0.3) is 5.57 Å². The van der Waals surface area contributed by atoms with Crippen LogP contribution in [0.5, 0.6) is 0 Å². The van der Waals surface area contributed by atoms with Crippen LogP contribution in [0.1, 0.15) is 12.6 Å². The largest absolute Gasteiger partial charge is 0.242 e. The smallest absolute Gasteiger partial charge is 0.102 e. The Morgan fingerprint density at radius 3 is 2.92 bits per heavy atom. The Bertz CT molecular complexity index is 315. The second-order valence-electron chi connectivity index (χ2n) is 2.37. The van der Waals surface area contributed by atoms with Gasteiger partial charge < -0.3 is 0 Å². The van der Waals surface area contributed by atoms with E-state index < -0.39 is 0 Å². The quantitative estimate of drug-likeness (QED) is 0.457. The molecule has 0 N–H and O–H groups in total. The standard InChI is InChI=1S/C10H10IN/c1-3-5-8(2)9-6-4-7-10(11)12-9/h3-7H,2H2,1H3/b5-3-. The summed E-state index contributed by atoms with van der Waals surface area (Å²) >= 11 is 2.19. The molecule has 0 aliphatic carbocycles. The molecule has 0 amide bonds. The summed E-state index contributed by atoms with van der Waals surface area (Å²) in [7, 11) is 0. The maximum absolute atomic E-state index is 4.33. The maximum atomic E-state index is 4.33. The topological polar surface area (TPSA) is 12.9 Å². The molecule has 1 aromatic rings. The molecule has 1 nitrogen and oxygen atoms in total. The van der Waals surface area contributed by atoms with Crippen molar-refractivity contribution in [2.24, 2.45) is 0 Å². The van der Waals surface area contributed by atoms with Gasteiger partial charge in [-0.2, -0.15) is 0 Å². The SMILES string of the molecule is C=C(/C=C\C)c1cccc(I)n1. The molecule has 0 unspecified atom stereocenters. The normalized spacial score (nSPS) is 10.5. The van der Waals surface area contributed by atoms with E-state index in [0.717, 1.165) is 15.0 Å². The lowest BCUT2D eigenvalue weighted by Gasteiger charge is -1.98. The number of aromatic nitrogens is 1. The molecule has 1 rings (SSSR count). The first-order valence-electron chi connectivity index (χ1n) is 3.68. The second-order valence-corrected chi connectivity index (χ2v) is 3.48. The highest BCUT2D eigenvalue weighted by Gasteiger charge is 1.95. The van der Waals surface area contributed by atoms with Gasteiger partial charge in [-0.3, -0.25) is 0 Å². The van der Waals surface area contributed by atoms with Gasteiger partial charge in [-0.15, -0.1) is 0 Å². The summed E-state index contributed by atoms with van der Waals surface area (Å²) in [5, 5.41) is 0. The minimum Gasteiger partial charge on any atom is -0.242 e. The fraction of sp³-hybridized carbons (Fsp3) is 0.100. The zero-order valence-electron chi connectivity index (χ0n) is 6.92. The molecular weight excluding hydrogens is 261 g/mol. The molecule has 62 valence electrons. The summed E-state index contributed by atoms with van der Waals surface area (Å²) in [6, 6.07) is 5.91. The number of pyridine rings is 1. The molecule has 1 aromatic heterocycles. The van der Waals surface area contributed by atoms with Crippen LogP contribution in [-0.2, 0) is 0 Å². The molecule has 0 saturated heterocycles. The third-order valence-electron chi connectivity index (χ3n) is 1.41. The van der Waals surface area contributed by atoms with Crippen LogP contribution in [0, 0.1) is 3.70 Å². The van der Waals surface area contributed by atoms with E-state index in [1.807, 2.05) is 37.3 Å². The third-order valence-corrected chi connectivity index (χ3v) is 2.01. The van der Waals surface area contributed by atoms with E-state index in [0.29, 0.717) is 0 Å². The Morgan fingerprint density at radius 1 is 1.58 bits per heavy atom. The first-order valence-corrected chi connectivity index (χ1v) is 4.76. The van der Waals surface area contributed by atoms with Crippen molar-refractivity contribution in [1.29, 1.82) is 0 Å². The van der Waals surface area contributed by atoms with Crippen LogP contribution in [0.15, 0.2) is 36.9 Å². The van der Waals surface area contributed by atoms with Crippen molar-refractivity contribution in [2.75, 3.05) is 0 Å². The van der Waals surface area contributed by atoms with Crippen LogP contribution >= 0.6 is 22.6 Å². The molecule has 0 aromatic carbocycles. The van der Waals surface area contributed by atoms with Gasteiger partial charge in [-0.05, 0) is 47.2 Å². The highest BCUT2D eigenvalue weighted by molar-refractivity contribution is 14.1. The summed E-state index contributed by atoms with van der Waals surface area (Å²) in [5.41, 5.74) is 1.90. The number of nitrogens with zero attached hydrogens (tertiary/aromatic N) is 1. The maximum Gasteiger partial charge on any atom is 0.102 e. The summed E-state index contributed by atoms with van der Waals surface area (Å²) in [6.45, 7) is 5.87. The molecule has 0 aliphatic rings. The summed E-state index contributed by atoms with van der Waals surface area (Å²) in [5.74, 6) is 0. The van der Waals surface area contributed by atoms with Gasteiger partial charge >= 0.3 is 0 Å². The van der Waals surface area contributed by atoms with E-state index in [9.17, 15) is 0 Å². The van der Waals surface area contributed by atoms with E-state index in [1.165, 1.54) is 0 Å². The molecule has 1 heterocycles. The Kier molecular flexibility index (Phi) is 3.47. The van der Waals surface area contributed by atoms with E-state index in [2.05, 4.69) is 34.2 Å². The highest BCUT2D eigenvalue weighted by atomic mass is 127. The Hall–Kier alpha value is -0.640. The molecule has 12 heavy (non-hydrogen) atoms. The number of hydrogen-bond acceptors (Lipinski definition) is 1. The van der Waals surface area contributed by atoms with Gasteiger partial charge in [0.25, 0.3) is 0 Å². The predicted molar refractivity (Wildman–Crippen MR) is 60.8 cm³/mol. The molecule has 0 atom stereocenters. The van der Waals surface area contributed by atoms with Crippen molar-refractivity contribution in [3.63, 3.8) is 0 Å². The lowest BCUT2D eigenvalue weighted by atomic mass is 10.2. The first kappa shape index (κ1) is 9.45. The van der Waals surface area contributed by atoms with Gasteiger partial charge in [-0.1, -0.05) is 24.8 Å². The molecule has 0 saturated carbocycles. The van der Waals surface area contributed by atoms with Gasteiger partial charge in [0.2, 0.25) is 0 Å². The average Bonchev–Trinajstić information content (AvgIpc) is 2.05. The van der Waals surface area contributed by atoms with E-state index in [-0.39, 0.29) is 0 Å². The number of rotatable bonds is 2. The van der Waals surface area contributed by atoms with Gasteiger partial charge in [0.15, 0.2) is 0 Å². The van der Waals surface area contributed by atoms with E-state index >= 15 is 0 Å². The van der Waals surface area contributed by atoms with E-state index in [1.54, 1.807) is 0 Å². The molecule has 0 fully saturated rings. The van der Waals surface area contributed by atoms with Crippen LogP contribution in [0.4, 0.5) is 0 Å². The van der Waals surface area contributed by atoms with Gasteiger partial charge in [0.05, 0.1) is 5.69 Å². The van der Waals surface area contributed by atoms with Crippen molar-refractivity contribution in [1.82, 2.24) is 4.98 Å². The van der Waals surface area contributed by atoms with Crippen LogP contribution in [0.3, 0.4) is 0 Å². The fourth-order valence-electron chi connectivity index (χ4n) is 0.874. The first-order chi connectivity index (χ1) is 5.74. The zero-order valence-corrected chi connectivity index (χ0v) is 9.08. The summed E-state index contributed by atoms with van der Waals surface area (Å²) in [4.78, 5) is 4.33. The van der Waals surface area contributed by atoms with Crippen molar-refractivity contribution in [2.45, 2.75) is 6.92 Å².